The van der Waals surface area contributed by atoms with Gasteiger partial charge in [0, 0.05) is 10.7 Å². The highest BCUT2D eigenvalue weighted by molar-refractivity contribution is 7.89. The van der Waals surface area contributed by atoms with Crippen molar-refractivity contribution in [2.75, 3.05) is 11.9 Å². The van der Waals surface area contributed by atoms with E-state index < -0.39 is 34.5 Å². The standard InChI is InChI=1S/C20H23ClN2O5S/c1-13(2)19(23-29(26,27)16-7-5-4-6-8-16)20(25)28-12-18(24)22-17-11-15(21)10-9-14(17)3/h4-11,13,19,23H,12H2,1-3H3,(H,22,24)/t19-/m0/s1. The van der Waals surface area contributed by atoms with Gasteiger partial charge in [0.2, 0.25) is 10.0 Å². The van der Waals surface area contributed by atoms with E-state index in [4.69, 9.17) is 16.3 Å². The first-order valence-electron chi connectivity index (χ1n) is 8.90. The average molecular weight is 439 g/mol. The van der Waals surface area contributed by atoms with Crippen LogP contribution in [-0.2, 0) is 24.3 Å². The van der Waals surface area contributed by atoms with Crippen LogP contribution in [0.3, 0.4) is 0 Å². The Balaban J connectivity index is 2.01. The molecule has 0 radical (unpaired) electrons. The Bertz CT molecular complexity index is 978. The molecular formula is C20H23ClN2O5S. The van der Waals surface area contributed by atoms with Crippen LogP contribution in [0.1, 0.15) is 19.4 Å². The number of carbonyl (C=O) groups is 2. The number of anilines is 1. The minimum Gasteiger partial charge on any atom is -0.454 e. The van der Waals surface area contributed by atoms with Gasteiger partial charge in [0.1, 0.15) is 6.04 Å². The van der Waals surface area contributed by atoms with Gasteiger partial charge in [0.25, 0.3) is 5.91 Å². The molecule has 0 spiro atoms. The van der Waals surface area contributed by atoms with Gasteiger partial charge in [-0.3, -0.25) is 9.59 Å². The highest BCUT2D eigenvalue weighted by Crippen LogP contribution is 2.20. The molecule has 0 bridgehead atoms. The number of aryl methyl sites for hydroxylation is 1. The number of esters is 1. The van der Waals surface area contributed by atoms with E-state index in [0.29, 0.717) is 10.7 Å². The highest BCUT2D eigenvalue weighted by atomic mass is 35.5. The molecule has 1 atom stereocenters. The molecule has 0 unspecified atom stereocenters. The van der Waals surface area contributed by atoms with Crippen molar-refractivity contribution in [1.29, 1.82) is 0 Å². The van der Waals surface area contributed by atoms with Crippen LogP contribution >= 0.6 is 11.6 Å². The molecule has 0 heterocycles. The summed E-state index contributed by atoms with van der Waals surface area (Å²) in [5, 5.41) is 3.07. The smallest absolute Gasteiger partial charge is 0.324 e. The van der Waals surface area contributed by atoms with Crippen LogP contribution in [0.5, 0.6) is 0 Å². The summed E-state index contributed by atoms with van der Waals surface area (Å²) >= 11 is 5.91. The molecule has 0 saturated carbocycles. The summed E-state index contributed by atoms with van der Waals surface area (Å²) in [5.74, 6) is -1.78. The van der Waals surface area contributed by atoms with E-state index in [0.717, 1.165) is 5.56 Å². The maximum absolute atomic E-state index is 12.5. The normalized spacial score (nSPS) is 12.4. The van der Waals surface area contributed by atoms with Crippen LogP contribution in [0.4, 0.5) is 5.69 Å². The molecule has 0 aliphatic carbocycles. The van der Waals surface area contributed by atoms with E-state index in [1.54, 1.807) is 57.2 Å². The van der Waals surface area contributed by atoms with Gasteiger partial charge in [-0.15, -0.1) is 0 Å². The molecule has 2 aromatic rings. The van der Waals surface area contributed by atoms with Gasteiger partial charge in [-0.25, -0.2) is 8.42 Å². The molecule has 156 valence electrons. The second kappa shape index (κ2) is 9.87. The fourth-order valence-corrected chi connectivity index (χ4v) is 3.96. The van der Waals surface area contributed by atoms with Crippen molar-refractivity contribution in [2.24, 2.45) is 5.92 Å². The number of hydrogen-bond donors (Lipinski definition) is 2. The van der Waals surface area contributed by atoms with Gasteiger partial charge in [-0.05, 0) is 42.7 Å². The number of benzene rings is 2. The monoisotopic (exact) mass is 438 g/mol. The van der Waals surface area contributed by atoms with Crippen molar-refractivity contribution >= 4 is 39.2 Å². The highest BCUT2D eigenvalue weighted by Gasteiger charge is 2.30. The van der Waals surface area contributed by atoms with Gasteiger partial charge in [0.15, 0.2) is 6.61 Å². The maximum Gasteiger partial charge on any atom is 0.324 e. The molecule has 2 N–H and O–H groups in total. The number of halogens is 1. The van der Waals surface area contributed by atoms with E-state index in [2.05, 4.69) is 10.0 Å². The third-order valence-corrected chi connectivity index (χ3v) is 5.77. The van der Waals surface area contributed by atoms with E-state index >= 15 is 0 Å². The van der Waals surface area contributed by atoms with Gasteiger partial charge in [-0.1, -0.05) is 49.7 Å². The fraction of sp³-hybridized carbons (Fsp3) is 0.300. The lowest BCUT2D eigenvalue weighted by Gasteiger charge is -2.20. The van der Waals surface area contributed by atoms with Crippen molar-refractivity contribution in [3.8, 4) is 0 Å². The lowest BCUT2D eigenvalue weighted by molar-refractivity contribution is -0.150. The largest absolute Gasteiger partial charge is 0.454 e. The second-order valence-corrected chi connectivity index (χ2v) is 8.92. The molecule has 0 fully saturated rings. The maximum atomic E-state index is 12.5. The Hall–Kier alpha value is -2.42. The lowest BCUT2D eigenvalue weighted by atomic mass is 10.1. The van der Waals surface area contributed by atoms with Crippen LogP contribution in [0.2, 0.25) is 5.02 Å². The number of nitrogens with one attached hydrogen (secondary N) is 2. The summed E-state index contributed by atoms with van der Waals surface area (Å²) in [7, 11) is -3.91. The molecule has 0 aromatic heterocycles. The predicted molar refractivity (Wildman–Crippen MR) is 111 cm³/mol. The van der Waals surface area contributed by atoms with Gasteiger partial charge < -0.3 is 10.1 Å². The molecule has 1 amide bonds. The summed E-state index contributed by atoms with van der Waals surface area (Å²) < 4.78 is 32.4. The predicted octanol–water partition coefficient (Wildman–Crippen LogP) is 3.13. The van der Waals surface area contributed by atoms with Crippen LogP contribution in [0, 0.1) is 12.8 Å². The quantitative estimate of drug-likeness (QED) is 0.616. The molecule has 9 heteroatoms. The number of amides is 1. The first-order valence-corrected chi connectivity index (χ1v) is 10.8. The summed E-state index contributed by atoms with van der Waals surface area (Å²) in [5.41, 5.74) is 1.30. The van der Waals surface area contributed by atoms with E-state index in [1.165, 1.54) is 12.1 Å². The molecule has 2 aromatic carbocycles. The van der Waals surface area contributed by atoms with Crippen molar-refractivity contribution in [3.63, 3.8) is 0 Å². The number of hydrogen-bond acceptors (Lipinski definition) is 5. The Morgan fingerprint density at radius 1 is 1.10 bits per heavy atom. The summed E-state index contributed by atoms with van der Waals surface area (Å²) in [4.78, 5) is 24.6. The zero-order valence-corrected chi connectivity index (χ0v) is 17.9. The van der Waals surface area contributed by atoms with E-state index in [-0.39, 0.29) is 10.8 Å². The average Bonchev–Trinajstić information content (AvgIpc) is 2.67. The molecule has 29 heavy (non-hydrogen) atoms. The fourth-order valence-electron chi connectivity index (χ4n) is 2.43. The van der Waals surface area contributed by atoms with E-state index in [9.17, 15) is 18.0 Å². The Morgan fingerprint density at radius 2 is 1.76 bits per heavy atom. The molecule has 7 nitrogen and oxygen atoms in total. The van der Waals surface area contributed by atoms with Crippen LogP contribution in [-0.4, -0.2) is 32.9 Å². The SMILES string of the molecule is Cc1ccc(Cl)cc1NC(=O)COC(=O)[C@@H](NS(=O)(=O)c1ccccc1)C(C)C. The first-order chi connectivity index (χ1) is 13.6. The zero-order chi connectivity index (χ0) is 21.6. The van der Waals surface area contributed by atoms with Crippen molar-refractivity contribution in [3.05, 3.63) is 59.1 Å². The summed E-state index contributed by atoms with van der Waals surface area (Å²) in [6.45, 7) is 4.59. The Labute approximate surface area is 175 Å². The second-order valence-electron chi connectivity index (χ2n) is 6.77. The minimum atomic E-state index is -3.91. The first kappa shape index (κ1) is 22.9. The van der Waals surface area contributed by atoms with Crippen LogP contribution in [0.25, 0.3) is 0 Å². The molecule has 2 rings (SSSR count). The number of rotatable bonds is 8. The van der Waals surface area contributed by atoms with E-state index in [1.807, 2.05) is 0 Å². The number of carbonyl (C=O) groups excluding carboxylic acids is 2. The van der Waals surface area contributed by atoms with Gasteiger partial charge in [0.05, 0.1) is 4.90 Å². The van der Waals surface area contributed by atoms with Crippen molar-refractivity contribution < 1.29 is 22.7 Å². The molecule has 0 aliphatic rings. The third-order valence-electron chi connectivity index (χ3n) is 4.08. The minimum absolute atomic E-state index is 0.0348. The molecule has 0 aliphatic heterocycles. The number of sulfonamides is 1. The van der Waals surface area contributed by atoms with Crippen LogP contribution < -0.4 is 10.0 Å². The Morgan fingerprint density at radius 3 is 2.38 bits per heavy atom. The zero-order valence-electron chi connectivity index (χ0n) is 16.3. The molecule has 0 saturated heterocycles. The summed E-state index contributed by atoms with van der Waals surface area (Å²) in [6.07, 6.45) is 0. The van der Waals surface area contributed by atoms with Crippen LogP contribution in [0.15, 0.2) is 53.4 Å². The van der Waals surface area contributed by atoms with Gasteiger partial charge >= 0.3 is 5.97 Å². The number of ether oxygens (including phenoxy) is 1. The van der Waals surface area contributed by atoms with Crippen molar-refractivity contribution in [1.82, 2.24) is 4.72 Å². The van der Waals surface area contributed by atoms with Crippen molar-refractivity contribution in [2.45, 2.75) is 31.7 Å². The third kappa shape index (κ3) is 6.56. The molecular weight excluding hydrogens is 416 g/mol. The summed E-state index contributed by atoms with van der Waals surface area (Å²) in [6, 6.07) is 11.6. The topological polar surface area (TPSA) is 102 Å². The lowest BCUT2D eigenvalue weighted by Crippen LogP contribution is -2.45. The Kier molecular flexibility index (Phi) is 7.78. The van der Waals surface area contributed by atoms with Gasteiger partial charge in [-0.2, -0.15) is 4.72 Å².